The van der Waals surface area contributed by atoms with Gasteiger partial charge in [0.1, 0.15) is 11.7 Å². The Morgan fingerprint density at radius 2 is 1.67 bits per heavy atom. The predicted octanol–water partition coefficient (Wildman–Crippen LogP) is 4.30. The summed E-state index contributed by atoms with van der Waals surface area (Å²) in [5.41, 5.74) is 5.15. The molecular weight excluding hydrogens is 706 g/mol. The number of hydrogen-bond acceptors (Lipinski definition) is 10. The summed E-state index contributed by atoms with van der Waals surface area (Å²) in [5.74, 6) is -4.34. The zero-order valence-corrected chi connectivity index (χ0v) is 29.5. The largest absolute Gasteiger partial charge is 0.480 e. The summed E-state index contributed by atoms with van der Waals surface area (Å²) in [6.07, 6.45) is 7.62. The number of aliphatic carboxylic acids is 1. The van der Waals surface area contributed by atoms with Gasteiger partial charge in [-0.25, -0.2) is 21.9 Å². The fourth-order valence-electron chi connectivity index (χ4n) is 6.92. The zero-order chi connectivity index (χ0) is 35.1. The van der Waals surface area contributed by atoms with Crippen LogP contribution in [0, 0.1) is 5.41 Å². The highest BCUT2D eigenvalue weighted by Gasteiger charge is 2.44. The van der Waals surface area contributed by atoms with E-state index in [2.05, 4.69) is 30.2 Å². The van der Waals surface area contributed by atoms with E-state index in [0.29, 0.717) is 22.5 Å². The van der Waals surface area contributed by atoms with Crippen molar-refractivity contribution < 1.29 is 32.2 Å². The number of halogens is 3. The van der Waals surface area contributed by atoms with E-state index in [1.165, 1.54) is 12.8 Å². The van der Waals surface area contributed by atoms with E-state index in [1.54, 1.807) is 23.0 Å². The van der Waals surface area contributed by atoms with E-state index in [1.807, 2.05) is 41.4 Å². The van der Waals surface area contributed by atoms with Crippen LogP contribution in [0.5, 0.6) is 0 Å². The number of hydrogen-bond donors (Lipinski definition) is 4. The second-order valence-corrected chi connectivity index (χ2v) is 15.4. The molecular formula is C34H41ClF2N8O5S. The van der Waals surface area contributed by atoms with Crippen molar-refractivity contribution in [3.63, 3.8) is 0 Å². The standard InChI is InChI=1S/C34H40F2N8O5S.ClH/c35-34(36)9-15-43(16-10-34)30-20-25(18-23-2-1-11-38-31(23)30)44-21-27(39-41-44)26-4-3-24(19-29(26)42-13-7-33(5-6-33)8-14-42)40-50(48,49)17-12-37-28(22-45)32(46)47;/h1-4,11,18-21,28,37,40,45H,5-10,12-17,22H2,(H,46,47);1H/t28-;/m0./s1. The Labute approximate surface area is 300 Å². The number of nitrogens with one attached hydrogen (secondary N) is 2. The van der Waals surface area contributed by atoms with Gasteiger partial charge in [0.2, 0.25) is 10.0 Å². The fourth-order valence-corrected chi connectivity index (χ4v) is 7.89. The van der Waals surface area contributed by atoms with Crippen LogP contribution in [0.15, 0.2) is 54.9 Å². The number of rotatable bonds is 12. The molecule has 4 heterocycles. The number of nitrogens with zero attached hydrogens (tertiary/aromatic N) is 6. The average molecular weight is 747 g/mol. The van der Waals surface area contributed by atoms with Crippen LogP contribution in [-0.4, -0.2) is 102 Å². The second-order valence-electron chi connectivity index (χ2n) is 13.6. The third-order valence-electron chi connectivity index (χ3n) is 10.2. The van der Waals surface area contributed by atoms with Crippen LogP contribution in [0.2, 0.25) is 0 Å². The van der Waals surface area contributed by atoms with E-state index in [0.717, 1.165) is 53.8 Å². The minimum Gasteiger partial charge on any atom is -0.480 e. The Morgan fingerprint density at radius 1 is 0.961 bits per heavy atom. The van der Waals surface area contributed by atoms with Gasteiger partial charge in [0.25, 0.3) is 5.92 Å². The van der Waals surface area contributed by atoms with Crippen molar-refractivity contribution in [3.8, 4) is 16.9 Å². The molecule has 7 rings (SSSR count). The van der Waals surface area contributed by atoms with E-state index in [9.17, 15) is 27.1 Å². The van der Waals surface area contributed by atoms with Gasteiger partial charge in [0.15, 0.2) is 0 Å². The summed E-state index contributed by atoms with van der Waals surface area (Å²) < 4.78 is 58.2. The normalized spacial score (nSPS) is 18.7. The average Bonchev–Trinajstić information content (AvgIpc) is 3.65. The Hall–Kier alpha value is -4.12. The van der Waals surface area contributed by atoms with Crippen LogP contribution in [0.25, 0.3) is 27.8 Å². The van der Waals surface area contributed by atoms with Crippen molar-refractivity contribution in [2.75, 3.05) is 59.6 Å². The van der Waals surface area contributed by atoms with Gasteiger partial charge in [-0.15, -0.1) is 17.5 Å². The summed E-state index contributed by atoms with van der Waals surface area (Å²) in [6.45, 7) is 1.23. The summed E-state index contributed by atoms with van der Waals surface area (Å²) in [4.78, 5) is 19.9. The third-order valence-corrected chi connectivity index (χ3v) is 11.5. The number of aliphatic hydroxyl groups is 1. The second kappa shape index (κ2) is 14.5. The van der Waals surface area contributed by atoms with E-state index < -0.39 is 40.3 Å². The molecule has 4 aromatic rings. The molecule has 0 unspecified atom stereocenters. The van der Waals surface area contributed by atoms with Crippen molar-refractivity contribution in [2.24, 2.45) is 5.41 Å². The number of aromatic nitrogens is 4. The summed E-state index contributed by atoms with van der Waals surface area (Å²) in [5, 5.41) is 30.7. The highest BCUT2D eigenvalue weighted by atomic mass is 35.5. The zero-order valence-electron chi connectivity index (χ0n) is 27.8. The lowest BCUT2D eigenvalue weighted by Gasteiger charge is -2.35. The molecule has 0 amide bonds. The first-order chi connectivity index (χ1) is 23.9. The topological polar surface area (TPSA) is 166 Å². The lowest BCUT2D eigenvalue weighted by molar-refractivity contribution is -0.140. The number of piperidine rings is 2. The van der Waals surface area contributed by atoms with Gasteiger partial charge in [-0.2, -0.15) is 0 Å². The minimum atomic E-state index is -3.86. The monoisotopic (exact) mass is 746 g/mol. The molecule has 1 atom stereocenters. The molecule has 17 heteroatoms. The van der Waals surface area contributed by atoms with Gasteiger partial charge in [-0.1, -0.05) is 11.3 Å². The molecule has 3 fully saturated rings. The molecule has 2 aromatic heterocycles. The van der Waals surface area contributed by atoms with Crippen molar-refractivity contribution >= 4 is 56.4 Å². The number of pyridine rings is 1. The van der Waals surface area contributed by atoms with E-state index in [-0.39, 0.29) is 44.9 Å². The molecule has 51 heavy (non-hydrogen) atoms. The number of carbonyl (C=O) groups is 1. The highest BCUT2D eigenvalue weighted by molar-refractivity contribution is 7.92. The van der Waals surface area contributed by atoms with E-state index >= 15 is 0 Å². The molecule has 0 bridgehead atoms. The van der Waals surface area contributed by atoms with Crippen LogP contribution < -0.4 is 19.8 Å². The minimum absolute atomic E-state index is 0. The molecule has 4 N–H and O–H groups in total. The summed E-state index contributed by atoms with van der Waals surface area (Å²) >= 11 is 0. The van der Waals surface area contributed by atoms with Crippen molar-refractivity contribution in [3.05, 3.63) is 54.9 Å². The molecule has 2 aromatic carbocycles. The fraction of sp³-hybridized carbons (Fsp3) is 0.471. The molecule has 1 aliphatic carbocycles. The van der Waals surface area contributed by atoms with Crippen molar-refractivity contribution in [1.29, 1.82) is 0 Å². The summed E-state index contributed by atoms with van der Waals surface area (Å²) in [7, 11) is -3.86. The molecule has 1 spiro atoms. The first-order valence-corrected chi connectivity index (χ1v) is 18.5. The molecule has 2 aliphatic heterocycles. The first kappa shape index (κ1) is 36.7. The van der Waals surface area contributed by atoms with Crippen LogP contribution in [-0.2, 0) is 14.8 Å². The Balaban J connectivity index is 0.00000448. The van der Waals surface area contributed by atoms with Gasteiger partial charge in [0.05, 0.1) is 41.1 Å². The van der Waals surface area contributed by atoms with E-state index in [4.69, 9.17) is 5.11 Å². The van der Waals surface area contributed by atoms with Gasteiger partial charge in [-0.05, 0) is 67.5 Å². The Bertz CT molecular complexity index is 1990. The number of carboxylic acids is 1. The third kappa shape index (κ3) is 8.19. The number of carboxylic acid groups (broad SMARTS) is 1. The number of sulfonamides is 1. The lowest BCUT2D eigenvalue weighted by atomic mass is 9.93. The SMILES string of the molecule is Cl.O=C(O)[C@H](CO)NCCS(=O)(=O)Nc1ccc(-c2cn(-c3cc(N4CCC(F)(F)CC4)c4ncccc4c3)nn2)c(N2CCC3(CC2)CC3)c1. The predicted molar refractivity (Wildman–Crippen MR) is 193 cm³/mol. The lowest BCUT2D eigenvalue weighted by Crippen LogP contribution is -2.42. The molecule has 2 saturated heterocycles. The molecule has 1 saturated carbocycles. The maximum absolute atomic E-state index is 14.0. The van der Waals surface area contributed by atoms with Gasteiger partial charge >= 0.3 is 5.97 Å². The van der Waals surface area contributed by atoms with Crippen molar-refractivity contribution in [1.82, 2.24) is 25.3 Å². The van der Waals surface area contributed by atoms with Gasteiger partial charge < -0.3 is 25.3 Å². The molecule has 274 valence electrons. The Morgan fingerprint density at radius 3 is 2.35 bits per heavy atom. The maximum atomic E-state index is 14.0. The number of benzene rings is 2. The van der Waals surface area contributed by atoms with Gasteiger partial charge in [-0.3, -0.25) is 14.5 Å². The number of alkyl halides is 2. The smallest absolute Gasteiger partial charge is 0.323 e. The molecule has 0 radical (unpaired) electrons. The quantitative estimate of drug-likeness (QED) is 0.163. The van der Waals surface area contributed by atoms with Gasteiger partial charge in [0, 0.05) is 68.4 Å². The summed E-state index contributed by atoms with van der Waals surface area (Å²) in [6, 6.07) is 11.6. The molecule has 13 nitrogen and oxygen atoms in total. The van der Waals surface area contributed by atoms with Crippen LogP contribution in [0.3, 0.4) is 0 Å². The van der Waals surface area contributed by atoms with Crippen LogP contribution >= 0.6 is 12.4 Å². The number of fused-ring (bicyclic) bond motifs is 1. The molecule has 3 aliphatic rings. The number of anilines is 3. The van der Waals surface area contributed by atoms with Crippen LogP contribution in [0.4, 0.5) is 25.8 Å². The maximum Gasteiger partial charge on any atom is 0.323 e. The highest BCUT2D eigenvalue weighted by Crippen LogP contribution is 2.54. The van der Waals surface area contributed by atoms with Crippen LogP contribution in [0.1, 0.15) is 38.5 Å². The number of aliphatic hydroxyl groups excluding tert-OH is 1. The van der Waals surface area contributed by atoms with Crippen molar-refractivity contribution in [2.45, 2.75) is 50.5 Å². The first-order valence-electron chi connectivity index (χ1n) is 16.8. The Kier molecular flexibility index (Phi) is 10.4.